The number of amides is 1. The predicted molar refractivity (Wildman–Crippen MR) is 97.1 cm³/mol. The summed E-state index contributed by atoms with van der Waals surface area (Å²) in [4.78, 5) is 15.7. The molecule has 12 heteroatoms. The van der Waals surface area contributed by atoms with Crippen molar-refractivity contribution in [2.45, 2.75) is 19.2 Å². The van der Waals surface area contributed by atoms with Crippen LogP contribution in [0.4, 0.5) is 33.6 Å². The summed E-state index contributed by atoms with van der Waals surface area (Å²) in [6.07, 6.45) is -11.2. The van der Waals surface area contributed by atoms with E-state index in [1.54, 1.807) is 24.3 Å². The maximum atomic E-state index is 13.0. The van der Waals surface area contributed by atoms with Crippen molar-refractivity contribution in [3.8, 4) is 22.8 Å². The molecule has 7 nitrogen and oxygen atoms in total. The molecule has 3 N–H and O–H groups in total. The first-order chi connectivity index (χ1) is 14.0. The van der Waals surface area contributed by atoms with Crippen LogP contribution in [0.5, 0.6) is 5.75 Å². The van der Waals surface area contributed by atoms with Gasteiger partial charge in [0, 0.05) is 18.2 Å². The molecule has 0 spiro atoms. The summed E-state index contributed by atoms with van der Waals surface area (Å²) in [5.74, 6) is -0.912. The minimum atomic E-state index is -5.86. The first kappa shape index (κ1) is 21.0. The second-order valence-electron chi connectivity index (χ2n) is 6.08. The molecular weight excluding hydrogens is 413 g/mol. The van der Waals surface area contributed by atoms with Gasteiger partial charge in [0.1, 0.15) is 5.75 Å². The number of nitrogens with two attached hydrogens (primary N) is 1. The normalized spacial score (nSPS) is 11.9. The second kappa shape index (κ2) is 7.61. The summed E-state index contributed by atoms with van der Waals surface area (Å²) < 4.78 is 67.9. The van der Waals surface area contributed by atoms with Crippen LogP contribution < -0.4 is 15.8 Å². The Bertz CT molecular complexity index is 1050. The average Bonchev–Trinajstić information content (AvgIpc) is 3.04. The Kier molecular flexibility index (Phi) is 5.33. The van der Waals surface area contributed by atoms with Crippen LogP contribution in [0.2, 0.25) is 0 Å². The van der Waals surface area contributed by atoms with Gasteiger partial charge in [0.25, 0.3) is 0 Å². The van der Waals surface area contributed by atoms with Gasteiger partial charge in [-0.2, -0.15) is 31.6 Å². The van der Waals surface area contributed by atoms with Gasteiger partial charge >= 0.3 is 12.3 Å². The number of hydrogen-bond donors (Lipinski definition) is 2. The Morgan fingerprint density at radius 1 is 1.03 bits per heavy atom. The fourth-order valence-corrected chi connectivity index (χ4v) is 2.35. The van der Waals surface area contributed by atoms with Crippen LogP contribution in [0.15, 0.2) is 48.5 Å². The Morgan fingerprint density at radius 3 is 2.17 bits per heavy atom. The maximum absolute atomic E-state index is 13.0. The molecular formula is C18H14F5N5O2. The molecule has 0 saturated heterocycles. The van der Waals surface area contributed by atoms with E-state index in [0.29, 0.717) is 11.3 Å². The lowest BCUT2D eigenvalue weighted by Gasteiger charge is -2.20. The molecule has 0 aliphatic heterocycles. The van der Waals surface area contributed by atoms with E-state index in [9.17, 15) is 26.7 Å². The maximum Gasteiger partial charge on any atom is 0.499 e. The Balaban J connectivity index is 1.94. The molecule has 0 bridgehead atoms. The van der Waals surface area contributed by atoms with E-state index >= 15 is 0 Å². The molecule has 0 aliphatic rings. The molecule has 0 atom stereocenters. The summed E-state index contributed by atoms with van der Waals surface area (Å²) in [6, 6.07) is 10.8. The van der Waals surface area contributed by atoms with Crippen LogP contribution in [-0.4, -0.2) is 33.0 Å². The number of carbonyl (C=O) groups excluding carboxylic acids is 1. The van der Waals surface area contributed by atoms with Gasteiger partial charge < -0.3 is 10.5 Å². The van der Waals surface area contributed by atoms with Gasteiger partial charge in [-0.3, -0.25) is 10.1 Å². The largest absolute Gasteiger partial charge is 0.499 e. The van der Waals surface area contributed by atoms with Crippen LogP contribution in [0.1, 0.15) is 6.92 Å². The number of benzene rings is 2. The van der Waals surface area contributed by atoms with Crippen molar-refractivity contribution in [2.75, 3.05) is 11.1 Å². The van der Waals surface area contributed by atoms with Gasteiger partial charge in [0.15, 0.2) is 5.82 Å². The topological polar surface area (TPSA) is 95.1 Å². The Morgan fingerprint density at radius 2 is 1.63 bits per heavy atom. The molecule has 1 aromatic heterocycles. The number of aromatic nitrogens is 3. The number of alkyl halides is 5. The van der Waals surface area contributed by atoms with E-state index in [2.05, 4.69) is 20.1 Å². The average molecular weight is 427 g/mol. The molecule has 0 saturated carbocycles. The minimum Gasteiger partial charge on any atom is -0.426 e. The minimum absolute atomic E-state index is 0.0172. The van der Waals surface area contributed by atoms with Crippen LogP contribution in [-0.2, 0) is 4.79 Å². The third-order valence-corrected chi connectivity index (χ3v) is 3.72. The molecule has 0 unspecified atom stereocenters. The highest BCUT2D eigenvalue weighted by atomic mass is 19.4. The molecule has 30 heavy (non-hydrogen) atoms. The lowest BCUT2D eigenvalue weighted by atomic mass is 10.2. The number of anilines is 2. The zero-order valence-corrected chi connectivity index (χ0v) is 15.2. The van der Waals surface area contributed by atoms with Crippen molar-refractivity contribution in [2.24, 2.45) is 0 Å². The molecule has 0 aliphatic carbocycles. The first-order valence-corrected chi connectivity index (χ1v) is 8.31. The predicted octanol–water partition coefficient (Wildman–Crippen LogP) is 4.01. The van der Waals surface area contributed by atoms with Gasteiger partial charge in [-0.25, -0.2) is 0 Å². The van der Waals surface area contributed by atoms with Crippen LogP contribution >= 0.6 is 0 Å². The fourth-order valence-electron chi connectivity index (χ4n) is 2.35. The van der Waals surface area contributed by atoms with E-state index in [1.165, 1.54) is 23.7 Å². The molecule has 0 radical (unpaired) electrons. The van der Waals surface area contributed by atoms with Crippen LogP contribution in [0.25, 0.3) is 17.1 Å². The second-order valence-corrected chi connectivity index (χ2v) is 6.08. The lowest BCUT2D eigenvalue weighted by molar-refractivity contribution is -0.360. The van der Waals surface area contributed by atoms with Crippen LogP contribution in [0, 0.1) is 0 Å². The number of carbonyl (C=O) groups is 1. The number of hydrogen-bond acceptors (Lipinski definition) is 5. The van der Waals surface area contributed by atoms with Gasteiger partial charge in [0.2, 0.25) is 11.9 Å². The number of nitrogen functional groups attached to an aromatic ring is 1. The van der Waals surface area contributed by atoms with Crippen LogP contribution in [0.3, 0.4) is 0 Å². The van der Waals surface area contributed by atoms with E-state index in [0.717, 1.165) is 12.1 Å². The Hall–Kier alpha value is -3.70. The quantitative estimate of drug-likeness (QED) is 0.474. The number of rotatable bonds is 5. The Labute approximate surface area is 166 Å². The van der Waals surface area contributed by atoms with Crippen molar-refractivity contribution in [1.29, 1.82) is 0 Å². The number of halogens is 5. The molecule has 2 aromatic carbocycles. The summed E-state index contributed by atoms with van der Waals surface area (Å²) in [6.45, 7) is 1.25. The number of nitrogens with zero attached hydrogens (tertiary/aromatic N) is 3. The summed E-state index contributed by atoms with van der Waals surface area (Å²) >= 11 is 0. The highest BCUT2D eigenvalue weighted by molar-refractivity contribution is 5.87. The third kappa shape index (κ3) is 4.47. The van der Waals surface area contributed by atoms with Gasteiger partial charge in [-0.1, -0.05) is 0 Å². The SMILES string of the molecule is CC(=O)Nc1nc(-c2ccc(N)cc2)nn1-c1ccc(OC(F)(F)C(F)(F)F)cc1. The van der Waals surface area contributed by atoms with Crippen molar-refractivity contribution >= 4 is 17.5 Å². The zero-order chi connectivity index (χ0) is 22.1. The van der Waals surface area contributed by atoms with E-state index in [-0.39, 0.29) is 17.5 Å². The third-order valence-electron chi connectivity index (χ3n) is 3.72. The van der Waals surface area contributed by atoms with E-state index in [4.69, 9.17) is 5.73 Å². The van der Waals surface area contributed by atoms with Crippen molar-refractivity contribution in [3.63, 3.8) is 0 Å². The van der Waals surface area contributed by atoms with Gasteiger partial charge in [-0.05, 0) is 48.5 Å². The highest BCUT2D eigenvalue weighted by Gasteiger charge is 2.61. The smallest absolute Gasteiger partial charge is 0.426 e. The number of nitrogens with one attached hydrogen (secondary N) is 1. The molecule has 1 amide bonds. The van der Waals surface area contributed by atoms with Crippen molar-refractivity contribution < 1.29 is 31.5 Å². The summed E-state index contributed by atoms with van der Waals surface area (Å²) in [5, 5.41) is 6.73. The molecule has 3 rings (SSSR count). The van der Waals surface area contributed by atoms with Crippen molar-refractivity contribution in [1.82, 2.24) is 14.8 Å². The van der Waals surface area contributed by atoms with Gasteiger partial charge in [-0.15, -0.1) is 5.10 Å². The summed E-state index contributed by atoms with van der Waals surface area (Å²) in [7, 11) is 0. The molecule has 3 aromatic rings. The monoisotopic (exact) mass is 427 g/mol. The molecule has 0 fully saturated rings. The van der Waals surface area contributed by atoms with E-state index in [1.807, 2.05) is 0 Å². The fraction of sp³-hybridized carbons (Fsp3) is 0.167. The van der Waals surface area contributed by atoms with E-state index < -0.39 is 23.9 Å². The highest BCUT2D eigenvalue weighted by Crippen LogP contribution is 2.37. The van der Waals surface area contributed by atoms with Crippen molar-refractivity contribution in [3.05, 3.63) is 48.5 Å². The number of ether oxygens (including phenoxy) is 1. The summed E-state index contributed by atoms with van der Waals surface area (Å²) in [5.41, 5.74) is 6.98. The lowest BCUT2D eigenvalue weighted by Crippen LogP contribution is -2.41. The molecule has 1 heterocycles. The van der Waals surface area contributed by atoms with Gasteiger partial charge in [0.05, 0.1) is 5.69 Å². The molecule has 158 valence electrons. The first-order valence-electron chi connectivity index (χ1n) is 8.31. The standard InChI is InChI=1S/C18H14F5N5O2/c1-10(29)25-16-26-15(11-2-4-12(24)5-3-11)27-28(16)13-6-8-14(9-7-13)30-18(22,23)17(19,20)21/h2-9H,24H2,1H3,(H,25,26,27,29). The zero-order valence-electron chi connectivity index (χ0n) is 15.2.